The fraction of sp³-hybridized carbons (Fsp3) is 0.500. The van der Waals surface area contributed by atoms with Crippen molar-refractivity contribution in [3.63, 3.8) is 0 Å². The first-order valence-corrected chi connectivity index (χ1v) is 7.37. The van der Waals surface area contributed by atoms with Gasteiger partial charge in [-0.25, -0.2) is 0 Å². The minimum atomic E-state index is -1.01. The second kappa shape index (κ2) is 7.22. The minimum absolute atomic E-state index is 0.257. The molecule has 21 heavy (non-hydrogen) atoms. The zero-order valence-corrected chi connectivity index (χ0v) is 12.4. The summed E-state index contributed by atoms with van der Waals surface area (Å²) in [5.41, 5.74) is 1.77. The number of carboxylic acid groups (broad SMARTS) is 1. The first-order valence-electron chi connectivity index (χ1n) is 7.37. The number of carbonyl (C=O) groups excluding carboxylic acids is 1. The van der Waals surface area contributed by atoms with E-state index in [0.29, 0.717) is 5.69 Å². The maximum Gasteiger partial charge on any atom is 0.323 e. The third-order valence-corrected chi connectivity index (χ3v) is 3.75. The number of benzene rings is 1. The van der Waals surface area contributed by atoms with Crippen molar-refractivity contribution < 1.29 is 14.7 Å². The van der Waals surface area contributed by atoms with Crippen LogP contribution in [0.5, 0.6) is 0 Å². The predicted octanol–water partition coefficient (Wildman–Crippen LogP) is 2.11. The Morgan fingerprint density at radius 2 is 1.95 bits per heavy atom. The third kappa shape index (κ3) is 4.56. The van der Waals surface area contributed by atoms with Crippen molar-refractivity contribution in [2.45, 2.75) is 32.7 Å². The lowest BCUT2D eigenvalue weighted by Gasteiger charge is -2.27. The number of nitrogens with zero attached hydrogens (tertiary/aromatic N) is 2. The number of piperidine rings is 1. The molecule has 1 aromatic carbocycles. The van der Waals surface area contributed by atoms with Crippen LogP contribution in [-0.4, -0.2) is 41.5 Å². The molecule has 1 saturated heterocycles. The van der Waals surface area contributed by atoms with Gasteiger partial charge in [-0.05, 0) is 43.6 Å². The number of carboxylic acids is 1. The average molecular weight is 290 g/mol. The molecule has 1 heterocycles. The molecule has 5 heteroatoms. The van der Waals surface area contributed by atoms with Crippen molar-refractivity contribution in [2.75, 3.05) is 24.5 Å². The zero-order valence-electron chi connectivity index (χ0n) is 12.4. The number of aliphatic carboxylic acids is 1. The van der Waals surface area contributed by atoms with E-state index < -0.39 is 5.97 Å². The van der Waals surface area contributed by atoms with Gasteiger partial charge in [0.25, 0.3) is 0 Å². The van der Waals surface area contributed by atoms with Crippen molar-refractivity contribution in [3.8, 4) is 0 Å². The molecule has 114 valence electrons. The molecule has 1 aromatic rings. The van der Waals surface area contributed by atoms with Crippen molar-refractivity contribution in [3.05, 3.63) is 29.8 Å². The number of hydrogen-bond donors (Lipinski definition) is 1. The molecule has 1 amide bonds. The number of likely N-dealkylation sites (tertiary alicyclic amines) is 1. The SMILES string of the molecule is CC(=O)N(CC(=O)O)c1cccc(CN2CCCCC2)c1. The second-order valence-electron chi connectivity index (χ2n) is 5.51. The minimum Gasteiger partial charge on any atom is -0.480 e. The standard InChI is InChI=1S/C16H22N2O3/c1-13(19)18(12-16(20)21)15-7-5-6-14(10-15)11-17-8-3-2-4-9-17/h5-7,10H,2-4,8-9,11-12H2,1H3,(H,20,21). The lowest BCUT2D eigenvalue weighted by molar-refractivity contribution is -0.136. The summed E-state index contributed by atoms with van der Waals surface area (Å²) < 4.78 is 0. The Morgan fingerprint density at radius 1 is 1.24 bits per heavy atom. The second-order valence-corrected chi connectivity index (χ2v) is 5.51. The van der Waals surface area contributed by atoms with Crippen molar-refractivity contribution in [1.82, 2.24) is 4.90 Å². The van der Waals surface area contributed by atoms with E-state index in [9.17, 15) is 9.59 Å². The first-order chi connectivity index (χ1) is 10.1. The summed E-state index contributed by atoms with van der Waals surface area (Å²) in [5, 5.41) is 8.92. The fourth-order valence-corrected chi connectivity index (χ4v) is 2.72. The lowest BCUT2D eigenvalue weighted by Crippen LogP contribution is -2.34. The number of rotatable bonds is 5. The fourth-order valence-electron chi connectivity index (χ4n) is 2.72. The van der Waals surface area contributed by atoms with Crippen LogP contribution >= 0.6 is 0 Å². The van der Waals surface area contributed by atoms with Crippen LogP contribution in [0.25, 0.3) is 0 Å². The quantitative estimate of drug-likeness (QED) is 0.902. The van der Waals surface area contributed by atoms with E-state index in [1.807, 2.05) is 18.2 Å². The van der Waals surface area contributed by atoms with Gasteiger partial charge in [-0.3, -0.25) is 14.5 Å². The number of anilines is 1. The molecule has 0 radical (unpaired) electrons. The van der Waals surface area contributed by atoms with Crippen LogP contribution in [-0.2, 0) is 16.1 Å². The van der Waals surface area contributed by atoms with E-state index in [1.54, 1.807) is 6.07 Å². The van der Waals surface area contributed by atoms with Crippen LogP contribution < -0.4 is 4.90 Å². The summed E-state index contributed by atoms with van der Waals surface area (Å²) >= 11 is 0. The van der Waals surface area contributed by atoms with E-state index >= 15 is 0 Å². The van der Waals surface area contributed by atoms with Crippen LogP contribution in [0.15, 0.2) is 24.3 Å². The predicted molar refractivity (Wildman–Crippen MR) is 81.2 cm³/mol. The number of carbonyl (C=O) groups is 2. The van der Waals surface area contributed by atoms with E-state index in [-0.39, 0.29) is 12.5 Å². The highest BCUT2D eigenvalue weighted by Gasteiger charge is 2.16. The molecule has 0 saturated carbocycles. The van der Waals surface area contributed by atoms with E-state index in [4.69, 9.17) is 5.11 Å². The molecule has 1 aliphatic rings. The smallest absolute Gasteiger partial charge is 0.323 e. The molecule has 0 bridgehead atoms. The summed E-state index contributed by atoms with van der Waals surface area (Å²) in [7, 11) is 0. The first kappa shape index (κ1) is 15.5. The molecule has 0 unspecified atom stereocenters. The molecule has 0 aromatic heterocycles. The lowest BCUT2D eigenvalue weighted by atomic mass is 10.1. The van der Waals surface area contributed by atoms with Gasteiger partial charge in [0.1, 0.15) is 6.54 Å². The van der Waals surface area contributed by atoms with E-state index in [1.165, 1.54) is 31.1 Å². The van der Waals surface area contributed by atoms with Crippen molar-refractivity contribution >= 4 is 17.6 Å². The molecule has 0 aliphatic carbocycles. The average Bonchev–Trinajstić information content (AvgIpc) is 2.45. The van der Waals surface area contributed by atoms with Gasteiger partial charge in [0.15, 0.2) is 0 Å². The molecule has 0 spiro atoms. The Morgan fingerprint density at radius 3 is 2.57 bits per heavy atom. The van der Waals surface area contributed by atoms with Crippen LogP contribution in [0.4, 0.5) is 5.69 Å². The van der Waals surface area contributed by atoms with Crippen LogP contribution in [0.2, 0.25) is 0 Å². The molecule has 1 fully saturated rings. The number of hydrogen-bond acceptors (Lipinski definition) is 3. The van der Waals surface area contributed by atoms with Gasteiger partial charge in [-0.1, -0.05) is 18.6 Å². The Bertz CT molecular complexity index is 510. The highest BCUT2D eigenvalue weighted by atomic mass is 16.4. The number of amides is 1. The Balaban J connectivity index is 2.11. The van der Waals surface area contributed by atoms with Gasteiger partial charge in [0, 0.05) is 19.2 Å². The maximum atomic E-state index is 11.6. The van der Waals surface area contributed by atoms with Gasteiger partial charge >= 0.3 is 5.97 Å². The zero-order chi connectivity index (χ0) is 15.2. The largest absolute Gasteiger partial charge is 0.480 e. The van der Waals surface area contributed by atoms with Gasteiger partial charge in [0.05, 0.1) is 0 Å². The van der Waals surface area contributed by atoms with E-state index in [0.717, 1.165) is 25.2 Å². The highest BCUT2D eigenvalue weighted by Crippen LogP contribution is 2.19. The van der Waals surface area contributed by atoms with Gasteiger partial charge < -0.3 is 10.0 Å². The summed E-state index contributed by atoms with van der Waals surface area (Å²) in [4.78, 5) is 26.2. The molecule has 2 rings (SSSR count). The molecular weight excluding hydrogens is 268 g/mol. The van der Waals surface area contributed by atoms with Gasteiger partial charge in [-0.2, -0.15) is 0 Å². The molecule has 1 aliphatic heterocycles. The maximum absolute atomic E-state index is 11.6. The summed E-state index contributed by atoms with van der Waals surface area (Å²) in [6.45, 7) is 4.15. The topological polar surface area (TPSA) is 60.9 Å². The Kier molecular flexibility index (Phi) is 5.33. The van der Waals surface area contributed by atoms with Crippen LogP contribution in [0.3, 0.4) is 0 Å². The normalized spacial score (nSPS) is 15.7. The summed E-state index contributed by atoms with van der Waals surface area (Å²) in [6.07, 6.45) is 3.77. The summed E-state index contributed by atoms with van der Waals surface area (Å²) in [5.74, 6) is -1.26. The third-order valence-electron chi connectivity index (χ3n) is 3.75. The van der Waals surface area contributed by atoms with Crippen LogP contribution in [0.1, 0.15) is 31.7 Å². The molecule has 5 nitrogen and oxygen atoms in total. The Hall–Kier alpha value is -1.88. The molecule has 1 N–H and O–H groups in total. The van der Waals surface area contributed by atoms with Crippen LogP contribution in [0, 0.1) is 0 Å². The molecular formula is C16H22N2O3. The van der Waals surface area contributed by atoms with Crippen molar-refractivity contribution in [2.24, 2.45) is 0 Å². The van der Waals surface area contributed by atoms with Crippen molar-refractivity contribution in [1.29, 1.82) is 0 Å². The Labute approximate surface area is 125 Å². The highest BCUT2D eigenvalue weighted by molar-refractivity contribution is 5.95. The monoisotopic (exact) mass is 290 g/mol. The van der Waals surface area contributed by atoms with E-state index in [2.05, 4.69) is 4.90 Å². The van der Waals surface area contributed by atoms with Gasteiger partial charge in [0.2, 0.25) is 5.91 Å². The van der Waals surface area contributed by atoms with Gasteiger partial charge in [-0.15, -0.1) is 0 Å². The molecule has 0 atom stereocenters. The summed E-state index contributed by atoms with van der Waals surface area (Å²) in [6, 6.07) is 7.60.